The van der Waals surface area contributed by atoms with Crippen molar-refractivity contribution in [2.24, 2.45) is 0 Å². The highest BCUT2D eigenvalue weighted by Gasteiger charge is 2.23. The second-order valence-electron chi connectivity index (χ2n) is 10.3. The zero-order valence-corrected chi connectivity index (χ0v) is 23.2. The van der Waals surface area contributed by atoms with Gasteiger partial charge in [0.1, 0.15) is 18.2 Å². The number of hydrogen-bond acceptors (Lipinski definition) is 7. The number of nitrogens with one attached hydrogen (secondary N) is 2. The van der Waals surface area contributed by atoms with Crippen molar-refractivity contribution in [1.29, 1.82) is 0 Å². The topological polar surface area (TPSA) is 117 Å². The summed E-state index contributed by atoms with van der Waals surface area (Å²) in [5, 5.41) is 14.2. The molecular weight excluding hydrogens is 510 g/mol. The molecule has 212 valence electrons. The normalized spacial score (nSPS) is 14.6. The van der Waals surface area contributed by atoms with Gasteiger partial charge in [-0.2, -0.15) is 0 Å². The number of nitrogens with zero attached hydrogens (tertiary/aromatic N) is 1. The maximum Gasteiger partial charge on any atom is 0.407 e. The molecule has 2 aromatic carbocycles. The molecule has 1 aliphatic heterocycles. The quantitative estimate of drug-likeness (QED) is 0.414. The molecule has 1 aliphatic rings. The zero-order chi connectivity index (χ0) is 29.0. The fourth-order valence-corrected chi connectivity index (χ4v) is 3.82. The van der Waals surface area contributed by atoms with Crippen molar-refractivity contribution < 1.29 is 29.0 Å². The van der Waals surface area contributed by atoms with E-state index < -0.39 is 36.0 Å². The molecule has 3 rings (SSSR count). The van der Waals surface area contributed by atoms with Crippen LogP contribution in [-0.2, 0) is 20.8 Å². The predicted molar refractivity (Wildman–Crippen MR) is 152 cm³/mol. The van der Waals surface area contributed by atoms with E-state index in [1.54, 1.807) is 51.1 Å². The molecule has 2 amide bonds. The Morgan fingerprint density at radius 3 is 2.38 bits per heavy atom. The van der Waals surface area contributed by atoms with Crippen molar-refractivity contribution in [3.8, 4) is 11.8 Å². The van der Waals surface area contributed by atoms with Gasteiger partial charge in [0.25, 0.3) is 5.91 Å². The van der Waals surface area contributed by atoms with Gasteiger partial charge in [-0.15, -0.1) is 0 Å². The lowest BCUT2D eigenvalue weighted by Gasteiger charge is -2.26. The molecule has 0 saturated carbocycles. The van der Waals surface area contributed by atoms with Crippen LogP contribution in [0, 0.1) is 11.8 Å². The van der Waals surface area contributed by atoms with Crippen LogP contribution in [0.15, 0.2) is 54.6 Å². The van der Waals surface area contributed by atoms with E-state index in [1.165, 1.54) is 5.56 Å². The minimum atomic E-state index is -1.11. The number of ketones is 1. The molecule has 1 fully saturated rings. The molecule has 9 heteroatoms. The summed E-state index contributed by atoms with van der Waals surface area (Å²) >= 11 is 0. The second kappa shape index (κ2) is 15.0. The fraction of sp³-hybridized carbons (Fsp3) is 0.387. The Labute approximate surface area is 235 Å². The number of Topliss-reactive ketones (excluding diaryl/α,β-unsaturated/α-hetero) is 1. The first-order valence-electron chi connectivity index (χ1n) is 13.2. The van der Waals surface area contributed by atoms with E-state index in [-0.39, 0.29) is 6.54 Å². The molecule has 2 aromatic rings. The van der Waals surface area contributed by atoms with Crippen molar-refractivity contribution in [3.05, 3.63) is 76.9 Å². The third-order valence-electron chi connectivity index (χ3n) is 5.91. The summed E-state index contributed by atoms with van der Waals surface area (Å²) < 4.78 is 10.5. The number of aliphatic hydroxyl groups excluding tert-OH is 1. The van der Waals surface area contributed by atoms with Crippen molar-refractivity contribution in [2.45, 2.75) is 39.0 Å². The Morgan fingerprint density at radius 2 is 1.75 bits per heavy atom. The highest BCUT2D eigenvalue weighted by atomic mass is 16.6. The van der Waals surface area contributed by atoms with Crippen LogP contribution in [0.1, 0.15) is 47.8 Å². The van der Waals surface area contributed by atoms with Crippen LogP contribution < -0.4 is 10.6 Å². The Kier molecular flexibility index (Phi) is 11.5. The van der Waals surface area contributed by atoms with Crippen LogP contribution in [0.2, 0.25) is 0 Å². The maximum absolute atomic E-state index is 12.7. The molecule has 0 aromatic heterocycles. The summed E-state index contributed by atoms with van der Waals surface area (Å²) in [5.74, 6) is 4.88. The number of allylic oxidation sites excluding steroid dienone is 1. The van der Waals surface area contributed by atoms with Crippen molar-refractivity contribution in [2.75, 3.05) is 39.5 Å². The molecular formula is C31H37N3O6. The molecule has 40 heavy (non-hydrogen) atoms. The van der Waals surface area contributed by atoms with Gasteiger partial charge in [-0.25, -0.2) is 4.79 Å². The van der Waals surface area contributed by atoms with Crippen LogP contribution in [0.5, 0.6) is 0 Å². The number of benzene rings is 2. The smallest absolute Gasteiger partial charge is 0.407 e. The summed E-state index contributed by atoms with van der Waals surface area (Å²) in [4.78, 5) is 39.0. The van der Waals surface area contributed by atoms with E-state index in [4.69, 9.17) is 9.47 Å². The SMILES string of the molecule is CC(C)(C)OC(=O)NC[C@H](NC(=O)c1ccc(C#C/C=C\c2ccc(CN3CCOCC3)cc2)cc1)C(=O)CO. The van der Waals surface area contributed by atoms with Gasteiger partial charge in [0, 0.05) is 37.3 Å². The summed E-state index contributed by atoms with van der Waals surface area (Å²) in [6, 6.07) is 13.9. The van der Waals surface area contributed by atoms with E-state index in [0.717, 1.165) is 44.0 Å². The van der Waals surface area contributed by atoms with Gasteiger partial charge in [0.2, 0.25) is 0 Å². The van der Waals surface area contributed by atoms with E-state index in [2.05, 4.69) is 51.6 Å². The number of rotatable bonds is 9. The third-order valence-corrected chi connectivity index (χ3v) is 5.91. The lowest BCUT2D eigenvalue weighted by molar-refractivity contribution is -0.123. The monoisotopic (exact) mass is 547 g/mol. The molecule has 0 radical (unpaired) electrons. The number of carbonyl (C=O) groups is 3. The van der Waals surface area contributed by atoms with Gasteiger partial charge >= 0.3 is 6.09 Å². The summed E-state index contributed by atoms with van der Waals surface area (Å²) in [6.07, 6.45) is 2.99. The predicted octanol–water partition coefficient (Wildman–Crippen LogP) is 2.77. The third kappa shape index (κ3) is 10.7. The first-order valence-corrected chi connectivity index (χ1v) is 13.2. The number of alkyl carbamates (subject to hydrolysis) is 1. The summed E-state index contributed by atoms with van der Waals surface area (Å²) in [6.45, 7) is 8.55. The van der Waals surface area contributed by atoms with E-state index in [9.17, 15) is 19.5 Å². The molecule has 0 bridgehead atoms. The number of morpholine rings is 1. The number of carbonyl (C=O) groups excluding carboxylic acids is 3. The van der Waals surface area contributed by atoms with Crippen LogP contribution in [-0.4, -0.2) is 78.9 Å². The van der Waals surface area contributed by atoms with Gasteiger partial charge in [-0.3, -0.25) is 14.5 Å². The lowest BCUT2D eigenvalue weighted by Crippen LogP contribution is -2.50. The Balaban J connectivity index is 1.51. The largest absolute Gasteiger partial charge is 0.444 e. The average molecular weight is 548 g/mol. The van der Waals surface area contributed by atoms with Gasteiger partial charge in [-0.1, -0.05) is 36.1 Å². The van der Waals surface area contributed by atoms with Gasteiger partial charge in [0.05, 0.1) is 13.2 Å². The summed E-state index contributed by atoms with van der Waals surface area (Å²) in [7, 11) is 0. The highest BCUT2D eigenvalue weighted by Crippen LogP contribution is 2.11. The van der Waals surface area contributed by atoms with Crippen molar-refractivity contribution in [3.63, 3.8) is 0 Å². The molecule has 9 nitrogen and oxygen atoms in total. The molecule has 1 heterocycles. The standard InChI is InChI=1S/C31H37N3O6/c1-31(2,3)40-30(38)32-20-27(28(36)22-35)33-29(37)26-14-12-24(13-15-26)7-5-4-6-23-8-10-25(11-9-23)21-34-16-18-39-19-17-34/h4,6,8-15,27,35H,16-22H2,1-3H3,(H,32,38)(H,33,37)/b6-4-/t27-/m0/s1. The number of ether oxygens (including phenoxy) is 2. The van der Waals surface area contributed by atoms with Crippen molar-refractivity contribution >= 4 is 23.9 Å². The summed E-state index contributed by atoms with van der Waals surface area (Å²) in [5.41, 5.74) is 2.64. The van der Waals surface area contributed by atoms with Crippen LogP contribution >= 0.6 is 0 Å². The maximum atomic E-state index is 12.7. The highest BCUT2D eigenvalue weighted by molar-refractivity contribution is 5.98. The molecule has 3 N–H and O–H groups in total. The molecule has 0 spiro atoms. The molecule has 0 unspecified atom stereocenters. The minimum absolute atomic E-state index is 0.216. The fourth-order valence-electron chi connectivity index (χ4n) is 3.82. The number of aliphatic hydroxyl groups is 1. The second-order valence-corrected chi connectivity index (χ2v) is 10.3. The molecule has 1 saturated heterocycles. The Bertz CT molecular complexity index is 1230. The van der Waals surface area contributed by atoms with Gasteiger partial charge in [-0.05, 0) is 68.3 Å². The van der Waals surface area contributed by atoms with E-state index >= 15 is 0 Å². The number of amides is 2. The van der Waals surface area contributed by atoms with Crippen LogP contribution in [0.3, 0.4) is 0 Å². The van der Waals surface area contributed by atoms with E-state index in [1.807, 2.05) is 6.08 Å². The first kappa shape index (κ1) is 30.6. The zero-order valence-electron chi connectivity index (χ0n) is 23.2. The van der Waals surface area contributed by atoms with Crippen LogP contribution in [0.25, 0.3) is 6.08 Å². The lowest BCUT2D eigenvalue weighted by atomic mass is 10.1. The van der Waals surface area contributed by atoms with Gasteiger partial charge < -0.3 is 25.2 Å². The first-order chi connectivity index (χ1) is 19.1. The van der Waals surface area contributed by atoms with Gasteiger partial charge in [0.15, 0.2) is 5.78 Å². The Morgan fingerprint density at radius 1 is 1.07 bits per heavy atom. The van der Waals surface area contributed by atoms with Crippen LogP contribution in [0.4, 0.5) is 4.79 Å². The van der Waals surface area contributed by atoms with E-state index in [0.29, 0.717) is 5.56 Å². The molecule has 1 atom stereocenters. The minimum Gasteiger partial charge on any atom is -0.444 e. The molecule has 0 aliphatic carbocycles. The van der Waals surface area contributed by atoms with Crippen molar-refractivity contribution in [1.82, 2.24) is 15.5 Å². The average Bonchev–Trinajstić information content (AvgIpc) is 2.93. The Hall–Kier alpha value is -3.97. The number of hydrogen-bond donors (Lipinski definition) is 3.